The molecular weight excluding hydrogens is 280 g/mol. The number of rotatable bonds is 6. The van der Waals surface area contributed by atoms with Gasteiger partial charge in [-0.2, -0.15) is 0 Å². The average Bonchev–Trinajstić information content (AvgIpc) is 2.49. The van der Waals surface area contributed by atoms with Gasteiger partial charge in [-0.1, -0.05) is 74.7 Å². The van der Waals surface area contributed by atoms with Crippen molar-refractivity contribution in [3.05, 3.63) is 35.9 Å². The Bertz CT molecular complexity index is 469. The van der Waals surface area contributed by atoms with Crippen LogP contribution in [0.2, 0.25) is 0 Å². The minimum Gasteiger partial charge on any atom is -0.392 e. The molecule has 0 radical (unpaired) electrons. The van der Waals surface area contributed by atoms with Gasteiger partial charge < -0.3 is 11.1 Å². The van der Waals surface area contributed by atoms with Crippen molar-refractivity contribution < 1.29 is 4.79 Å². The van der Waals surface area contributed by atoms with Gasteiger partial charge in [-0.3, -0.25) is 4.79 Å². The maximum absolute atomic E-state index is 12.3. The van der Waals surface area contributed by atoms with Crippen LogP contribution in [0.15, 0.2) is 30.3 Å². The summed E-state index contributed by atoms with van der Waals surface area (Å²) >= 11 is 5.07. The molecule has 3 nitrogen and oxygen atoms in total. The number of thiocarbonyl (C=S) groups is 1. The fourth-order valence-corrected chi connectivity index (χ4v) is 3.31. The number of nitrogens with two attached hydrogens (primary N) is 1. The van der Waals surface area contributed by atoms with Crippen LogP contribution in [-0.2, 0) is 4.79 Å². The Kier molecular flexibility index (Phi) is 6.18. The zero-order valence-corrected chi connectivity index (χ0v) is 13.2. The molecule has 3 N–H and O–H groups in total. The van der Waals surface area contributed by atoms with Gasteiger partial charge in [0.05, 0.1) is 4.99 Å². The van der Waals surface area contributed by atoms with E-state index in [1.54, 1.807) is 0 Å². The van der Waals surface area contributed by atoms with Crippen molar-refractivity contribution in [2.24, 2.45) is 11.7 Å². The molecule has 1 amide bonds. The molecule has 1 saturated carbocycles. The number of benzene rings is 1. The molecule has 1 aliphatic carbocycles. The van der Waals surface area contributed by atoms with Gasteiger partial charge in [-0.25, -0.2) is 0 Å². The van der Waals surface area contributed by atoms with E-state index in [9.17, 15) is 4.79 Å². The topological polar surface area (TPSA) is 55.1 Å². The van der Waals surface area contributed by atoms with Gasteiger partial charge in [0.25, 0.3) is 0 Å². The molecule has 0 bridgehead atoms. The fraction of sp³-hybridized carbons (Fsp3) is 0.529. The lowest BCUT2D eigenvalue weighted by atomic mass is 9.87. The van der Waals surface area contributed by atoms with E-state index >= 15 is 0 Å². The van der Waals surface area contributed by atoms with E-state index in [1.165, 1.54) is 32.1 Å². The summed E-state index contributed by atoms with van der Waals surface area (Å²) in [4.78, 5) is 12.6. The number of carbonyl (C=O) groups excluding carboxylic acids is 1. The molecule has 1 fully saturated rings. The largest absolute Gasteiger partial charge is 0.392 e. The monoisotopic (exact) mass is 304 g/mol. The Labute approximate surface area is 132 Å². The average molecular weight is 304 g/mol. The van der Waals surface area contributed by atoms with Crippen molar-refractivity contribution >= 4 is 23.1 Å². The first-order valence-electron chi connectivity index (χ1n) is 7.80. The Hall–Kier alpha value is -1.42. The van der Waals surface area contributed by atoms with Gasteiger partial charge >= 0.3 is 0 Å². The lowest BCUT2D eigenvalue weighted by Gasteiger charge is -2.22. The van der Waals surface area contributed by atoms with Gasteiger partial charge in [0.2, 0.25) is 5.91 Å². The van der Waals surface area contributed by atoms with Crippen molar-refractivity contribution in [2.45, 2.75) is 44.4 Å². The molecule has 1 atom stereocenters. The first-order chi connectivity index (χ1) is 10.2. The second-order valence-electron chi connectivity index (χ2n) is 5.83. The zero-order valence-electron chi connectivity index (χ0n) is 12.4. The van der Waals surface area contributed by atoms with E-state index in [-0.39, 0.29) is 10.9 Å². The highest BCUT2D eigenvalue weighted by molar-refractivity contribution is 7.80. The third-order valence-electron chi connectivity index (χ3n) is 4.26. The molecular formula is C17H24N2OS. The third-order valence-corrected chi connectivity index (χ3v) is 4.49. The normalized spacial score (nSPS) is 17.1. The van der Waals surface area contributed by atoms with Crippen LogP contribution in [0.5, 0.6) is 0 Å². The first-order valence-corrected chi connectivity index (χ1v) is 8.21. The summed E-state index contributed by atoms with van der Waals surface area (Å²) in [5, 5.41) is 3.00. The summed E-state index contributed by atoms with van der Waals surface area (Å²) in [7, 11) is 0. The maximum atomic E-state index is 12.3. The van der Waals surface area contributed by atoms with Crippen LogP contribution in [0.1, 0.15) is 50.0 Å². The molecule has 0 spiro atoms. The van der Waals surface area contributed by atoms with Crippen LogP contribution in [-0.4, -0.2) is 17.4 Å². The number of hydrogen-bond acceptors (Lipinski definition) is 2. The number of nitrogens with one attached hydrogen (secondary N) is 1. The zero-order chi connectivity index (χ0) is 15.1. The van der Waals surface area contributed by atoms with Crippen molar-refractivity contribution in [1.29, 1.82) is 0 Å². The lowest BCUT2D eigenvalue weighted by molar-refractivity contribution is -0.121. The molecule has 4 heteroatoms. The van der Waals surface area contributed by atoms with E-state index in [0.717, 1.165) is 24.4 Å². The van der Waals surface area contributed by atoms with Gasteiger partial charge in [-0.15, -0.1) is 0 Å². The molecule has 1 unspecified atom stereocenters. The molecule has 0 aromatic heterocycles. The first kappa shape index (κ1) is 16.0. The van der Waals surface area contributed by atoms with Crippen LogP contribution in [0.3, 0.4) is 0 Å². The lowest BCUT2D eigenvalue weighted by Crippen LogP contribution is -2.37. The molecule has 0 aliphatic heterocycles. The summed E-state index contributed by atoms with van der Waals surface area (Å²) in [6.45, 7) is 0.718. The molecule has 114 valence electrons. The summed E-state index contributed by atoms with van der Waals surface area (Å²) < 4.78 is 0. The molecule has 1 aromatic carbocycles. The quantitative estimate of drug-likeness (QED) is 0.794. The Morgan fingerprint density at radius 1 is 1.24 bits per heavy atom. The highest BCUT2D eigenvalue weighted by atomic mass is 32.1. The number of hydrogen-bond donors (Lipinski definition) is 2. The van der Waals surface area contributed by atoms with Crippen molar-refractivity contribution in [2.75, 3.05) is 6.54 Å². The number of carbonyl (C=O) groups is 1. The summed E-state index contributed by atoms with van der Waals surface area (Å²) in [5.41, 5.74) is 6.62. The second-order valence-corrected chi connectivity index (χ2v) is 6.30. The van der Waals surface area contributed by atoms with Gasteiger partial charge in [-0.05, 0) is 17.9 Å². The SMILES string of the molecule is NC(=S)C(C(=O)NCCC1CCCCC1)c1ccccc1. The van der Waals surface area contributed by atoms with E-state index in [2.05, 4.69) is 5.32 Å². The number of amides is 1. The van der Waals surface area contributed by atoms with E-state index < -0.39 is 5.92 Å². The molecule has 1 aromatic rings. The predicted octanol–water partition coefficient (Wildman–Crippen LogP) is 3.14. The molecule has 0 saturated heterocycles. The Morgan fingerprint density at radius 3 is 2.52 bits per heavy atom. The predicted molar refractivity (Wildman–Crippen MR) is 90.2 cm³/mol. The van der Waals surface area contributed by atoms with Crippen LogP contribution >= 0.6 is 12.2 Å². The van der Waals surface area contributed by atoms with Gasteiger partial charge in [0, 0.05) is 6.54 Å². The van der Waals surface area contributed by atoms with E-state index in [4.69, 9.17) is 18.0 Å². The molecule has 2 rings (SSSR count). The summed E-state index contributed by atoms with van der Waals surface area (Å²) in [5.74, 6) is 0.163. The highest BCUT2D eigenvalue weighted by Crippen LogP contribution is 2.25. The van der Waals surface area contributed by atoms with Crippen molar-refractivity contribution in [3.63, 3.8) is 0 Å². The van der Waals surface area contributed by atoms with Crippen LogP contribution in [0.4, 0.5) is 0 Å². The molecule has 21 heavy (non-hydrogen) atoms. The molecule has 1 aliphatic rings. The highest BCUT2D eigenvalue weighted by Gasteiger charge is 2.23. The van der Waals surface area contributed by atoms with E-state index in [0.29, 0.717) is 0 Å². The van der Waals surface area contributed by atoms with Crippen molar-refractivity contribution in [1.82, 2.24) is 5.32 Å². The smallest absolute Gasteiger partial charge is 0.234 e. The van der Waals surface area contributed by atoms with Crippen LogP contribution in [0.25, 0.3) is 0 Å². The Balaban J connectivity index is 1.86. The Morgan fingerprint density at radius 2 is 1.90 bits per heavy atom. The second kappa shape index (κ2) is 8.13. The standard InChI is InChI=1S/C17H24N2OS/c18-16(21)15(14-9-5-2-6-10-14)17(20)19-12-11-13-7-3-1-4-8-13/h2,5-6,9-10,13,15H,1,3-4,7-8,11-12H2,(H2,18,21)(H,19,20). The van der Waals surface area contributed by atoms with Gasteiger partial charge in [0.15, 0.2) is 0 Å². The van der Waals surface area contributed by atoms with E-state index in [1.807, 2.05) is 30.3 Å². The summed E-state index contributed by atoms with van der Waals surface area (Å²) in [6.07, 6.45) is 7.68. The molecule has 0 heterocycles. The van der Waals surface area contributed by atoms with Gasteiger partial charge in [0.1, 0.15) is 5.92 Å². The summed E-state index contributed by atoms with van der Waals surface area (Å²) in [6, 6.07) is 9.50. The fourth-order valence-electron chi connectivity index (χ4n) is 3.07. The third kappa shape index (κ3) is 4.81. The maximum Gasteiger partial charge on any atom is 0.234 e. The minimum atomic E-state index is -0.521. The van der Waals surface area contributed by atoms with Crippen LogP contribution < -0.4 is 11.1 Å². The van der Waals surface area contributed by atoms with Crippen LogP contribution in [0, 0.1) is 5.92 Å². The minimum absolute atomic E-state index is 0.0792. The van der Waals surface area contributed by atoms with Crippen molar-refractivity contribution in [3.8, 4) is 0 Å².